The lowest BCUT2D eigenvalue weighted by atomic mass is 10.3. The molecule has 0 saturated carbocycles. The Kier molecular flexibility index (Phi) is 6.96. The van der Waals surface area contributed by atoms with Gasteiger partial charge in [0.25, 0.3) is 0 Å². The zero-order chi connectivity index (χ0) is 24.8. The number of carbonyl (C=O) groups excluding carboxylic acids is 2. The number of methoxy groups -OCH3 is 1. The lowest BCUT2D eigenvalue weighted by Gasteiger charge is -2.08. The largest absolute Gasteiger partial charge is 0.469 e. The Labute approximate surface area is 200 Å². The van der Waals surface area contributed by atoms with E-state index in [0.29, 0.717) is 17.5 Å². The second-order valence-electron chi connectivity index (χ2n) is 7.33. The van der Waals surface area contributed by atoms with Crippen LogP contribution in [0.5, 0.6) is 5.75 Å². The van der Waals surface area contributed by atoms with Crippen molar-refractivity contribution in [3.8, 4) is 11.4 Å². The fourth-order valence-electron chi connectivity index (χ4n) is 3.16. The van der Waals surface area contributed by atoms with Crippen LogP contribution in [0.1, 0.15) is 12.8 Å². The molecule has 2 aromatic carbocycles. The molecule has 2 aromatic heterocycles. The third-order valence-corrected chi connectivity index (χ3v) is 6.15. The van der Waals surface area contributed by atoms with Gasteiger partial charge >= 0.3 is 22.1 Å². The number of ether oxygens (including phenoxy) is 1. The molecule has 4 rings (SSSR count). The third kappa shape index (κ3) is 5.95. The van der Waals surface area contributed by atoms with Crippen LogP contribution in [0, 0.1) is 0 Å². The zero-order valence-corrected chi connectivity index (χ0v) is 19.4. The Bertz CT molecular complexity index is 1430. The monoisotopic (exact) mass is 498 g/mol. The quantitative estimate of drug-likeness (QED) is 0.180. The number of imidazole rings is 2. The lowest BCUT2D eigenvalue weighted by molar-refractivity contribution is -0.140. The minimum atomic E-state index is -4.08. The average molecular weight is 499 g/mol. The first-order valence-corrected chi connectivity index (χ1v) is 11.9. The summed E-state index contributed by atoms with van der Waals surface area (Å²) in [6, 6.07) is 10.2. The topological polar surface area (TPSA) is 157 Å². The maximum absolute atomic E-state index is 12.7. The number of H-pyrrole nitrogens is 1. The van der Waals surface area contributed by atoms with Crippen molar-refractivity contribution in [3.63, 3.8) is 0 Å². The Morgan fingerprint density at radius 3 is 2.66 bits per heavy atom. The number of hydrogen-bond acceptors (Lipinski definition) is 8. The molecule has 0 aliphatic heterocycles. The van der Waals surface area contributed by atoms with Crippen molar-refractivity contribution in [1.29, 1.82) is 0 Å². The van der Waals surface area contributed by atoms with Gasteiger partial charge in [-0.1, -0.05) is 0 Å². The number of aromatic amines is 1. The molecule has 4 aromatic rings. The van der Waals surface area contributed by atoms with Gasteiger partial charge in [0.05, 0.1) is 24.5 Å². The molecule has 0 spiro atoms. The van der Waals surface area contributed by atoms with E-state index in [4.69, 9.17) is 4.18 Å². The number of benzene rings is 2. The number of aromatic nitrogens is 4. The molecule has 12 nitrogen and oxygen atoms in total. The molecule has 182 valence electrons. The summed E-state index contributed by atoms with van der Waals surface area (Å²) in [5.41, 5.74) is 1.72. The van der Waals surface area contributed by atoms with Crippen LogP contribution in [0.2, 0.25) is 0 Å². The van der Waals surface area contributed by atoms with Crippen molar-refractivity contribution in [2.75, 3.05) is 19.0 Å². The number of nitrogens with zero attached hydrogens (tertiary/aromatic N) is 3. The molecule has 0 radical (unpaired) electrons. The van der Waals surface area contributed by atoms with E-state index in [2.05, 4.69) is 30.3 Å². The van der Waals surface area contributed by atoms with Crippen molar-refractivity contribution < 1.29 is 26.9 Å². The molecule has 0 bridgehead atoms. The Hall–Kier alpha value is -4.39. The van der Waals surface area contributed by atoms with Gasteiger partial charge in [0.15, 0.2) is 0 Å². The van der Waals surface area contributed by atoms with Crippen LogP contribution in [0.4, 0.5) is 10.7 Å². The first-order chi connectivity index (χ1) is 16.8. The number of amides is 2. The molecule has 2 heterocycles. The number of carbonyl (C=O) groups is 2. The third-order valence-electron chi connectivity index (χ3n) is 4.89. The second-order valence-corrected chi connectivity index (χ2v) is 8.87. The Balaban J connectivity index is 1.38. The highest BCUT2D eigenvalue weighted by Gasteiger charge is 2.18. The van der Waals surface area contributed by atoms with Gasteiger partial charge in [0.2, 0.25) is 5.95 Å². The van der Waals surface area contributed by atoms with Crippen LogP contribution in [0.15, 0.2) is 66.1 Å². The van der Waals surface area contributed by atoms with Crippen LogP contribution in [-0.2, 0) is 19.6 Å². The predicted octanol–water partition coefficient (Wildman–Crippen LogP) is 2.59. The number of hydrogen-bond donors (Lipinski definition) is 3. The molecule has 0 atom stereocenters. The zero-order valence-electron chi connectivity index (χ0n) is 18.6. The number of nitrogens with one attached hydrogen (secondary N) is 3. The molecule has 0 aliphatic carbocycles. The highest BCUT2D eigenvalue weighted by atomic mass is 32.2. The molecule has 0 aliphatic rings. The fraction of sp³-hybridized carbons (Fsp3) is 0.182. The normalized spacial score (nSPS) is 11.2. The van der Waals surface area contributed by atoms with E-state index in [-0.39, 0.29) is 35.5 Å². The van der Waals surface area contributed by atoms with Crippen LogP contribution in [-0.4, -0.2) is 53.6 Å². The number of anilines is 1. The second kappa shape index (κ2) is 10.3. The van der Waals surface area contributed by atoms with E-state index in [1.807, 2.05) is 0 Å². The molecule has 35 heavy (non-hydrogen) atoms. The summed E-state index contributed by atoms with van der Waals surface area (Å²) in [5, 5.41) is 5.15. The van der Waals surface area contributed by atoms with Crippen LogP contribution >= 0.6 is 0 Å². The standard InChI is InChI=1S/C22H22N6O6S/c1-33-20(29)3-2-10-24-22(30)27-21-25-18-9-6-16(13-19(18)26-21)34-35(31,32)17-7-4-15(5-8-17)28-12-11-23-14-28/h4-9,11-14H,2-3,10H2,1H3,(H3,24,25,26,27,30). The summed E-state index contributed by atoms with van der Waals surface area (Å²) in [6.07, 6.45) is 5.61. The van der Waals surface area contributed by atoms with Crippen LogP contribution in [0.25, 0.3) is 16.7 Å². The van der Waals surface area contributed by atoms with Crippen molar-refractivity contribution in [3.05, 3.63) is 61.2 Å². The highest BCUT2D eigenvalue weighted by Crippen LogP contribution is 2.24. The molecule has 3 N–H and O–H groups in total. The lowest BCUT2D eigenvalue weighted by Crippen LogP contribution is -2.30. The van der Waals surface area contributed by atoms with E-state index >= 15 is 0 Å². The van der Waals surface area contributed by atoms with Gasteiger partial charge in [-0.25, -0.2) is 14.8 Å². The van der Waals surface area contributed by atoms with E-state index in [1.54, 1.807) is 41.5 Å². The summed E-state index contributed by atoms with van der Waals surface area (Å²) >= 11 is 0. The molecule has 0 fully saturated rings. The fourth-order valence-corrected chi connectivity index (χ4v) is 4.08. The van der Waals surface area contributed by atoms with E-state index in [0.717, 1.165) is 5.69 Å². The minimum Gasteiger partial charge on any atom is -0.469 e. The predicted molar refractivity (Wildman–Crippen MR) is 126 cm³/mol. The summed E-state index contributed by atoms with van der Waals surface area (Å²) in [4.78, 5) is 34.2. The van der Waals surface area contributed by atoms with Gasteiger partial charge in [-0.05, 0) is 42.8 Å². The van der Waals surface area contributed by atoms with Gasteiger partial charge in [-0.3, -0.25) is 10.1 Å². The summed E-state index contributed by atoms with van der Waals surface area (Å²) in [7, 11) is -2.77. The van der Waals surface area contributed by atoms with Gasteiger partial charge in [0.1, 0.15) is 10.6 Å². The van der Waals surface area contributed by atoms with E-state index < -0.39 is 16.1 Å². The SMILES string of the molecule is COC(=O)CCCNC(=O)Nc1nc2cc(OS(=O)(=O)c3ccc(-n4ccnc4)cc3)ccc2[nH]1. The van der Waals surface area contributed by atoms with Crippen molar-refractivity contribution in [2.24, 2.45) is 0 Å². The molecule has 13 heteroatoms. The number of rotatable bonds is 9. The Morgan fingerprint density at radius 1 is 1.14 bits per heavy atom. The number of fused-ring (bicyclic) bond motifs is 1. The van der Waals surface area contributed by atoms with Gasteiger partial charge in [-0.15, -0.1) is 0 Å². The number of urea groups is 1. The average Bonchev–Trinajstić information content (AvgIpc) is 3.51. The van der Waals surface area contributed by atoms with Gasteiger partial charge < -0.3 is 23.8 Å². The summed E-state index contributed by atoms with van der Waals surface area (Å²) in [6.45, 7) is 0.278. The highest BCUT2D eigenvalue weighted by molar-refractivity contribution is 7.87. The maximum Gasteiger partial charge on any atom is 0.339 e. The van der Waals surface area contributed by atoms with Crippen LogP contribution < -0.4 is 14.8 Å². The van der Waals surface area contributed by atoms with Gasteiger partial charge in [0, 0.05) is 37.1 Å². The van der Waals surface area contributed by atoms with E-state index in [9.17, 15) is 18.0 Å². The number of esters is 1. The first-order valence-electron chi connectivity index (χ1n) is 10.5. The van der Waals surface area contributed by atoms with Gasteiger partial charge in [-0.2, -0.15) is 8.42 Å². The van der Waals surface area contributed by atoms with E-state index in [1.165, 1.54) is 31.4 Å². The molecular weight excluding hydrogens is 476 g/mol. The molecular formula is C22H22N6O6S. The summed E-state index contributed by atoms with van der Waals surface area (Å²) < 4.78 is 37.0. The molecule has 0 saturated heterocycles. The minimum absolute atomic E-state index is 0.00489. The van der Waals surface area contributed by atoms with Crippen molar-refractivity contribution in [2.45, 2.75) is 17.7 Å². The van der Waals surface area contributed by atoms with Crippen molar-refractivity contribution in [1.82, 2.24) is 24.8 Å². The molecule has 2 amide bonds. The first kappa shape index (κ1) is 23.8. The van der Waals surface area contributed by atoms with Crippen molar-refractivity contribution >= 4 is 39.1 Å². The smallest absolute Gasteiger partial charge is 0.339 e. The maximum atomic E-state index is 12.7. The van der Waals surface area contributed by atoms with Crippen LogP contribution in [0.3, 0.4) is 0 Å². The molecule has 0 unspecified atom stereocenters. The Morgan fingerprint density at radius 2 is 1.94 bits per heavy atom. The summed E-state index contributed by atoms with van der Waals surface area (Å²) in [5.74, 6) is -0.113.